The van der Waals surface area contributed by atoms with E-state index in [1.807, 2.05) is 92.0 Å². The molecule has 1 aliphatic heterocycles. The van der Waals surface area contributed by atoms with Gasteiger partial charge in [0.05, 0.1) is 31.0 Å². The highest BCUT2D eigenvalue weighted by atomic mass is 32.2. The second-order valence-electron chi connectivity index (χ2n) is 10.4. The van der Waals surface area contributed by atoms with Crippen molar-refractivity contribution in [2.75, 3.05) is 18.1 Å². The van der Waals surface area contributed by atoms with Gasteiger partial charge in [-0.1, -0.05) is 105 Å². The molecule has 0 amide bonds. The molecule has 1 saturated heterocycles. The molecular formula is C34H44O5S2. The fourth-order valence-corrected chi connectivity index (χ4v) is 7.57. The first-order valence-corrected chi connectivity index (χ1v) is 16.6. The predicted molar refractivity (Wildman–Crippen MR) is 170 cm³/mol. The molecule has 0 aliphatic carbocycles. The maximum absolute atomic E-state index is 6.87. The molecule has 1 heterocycles. The molecule has 1 aliphatic rings. The highest BCUT2D eigenvalue weighted by Crippen LogP contribution is 2.36. The molecule has 7 heteroatoms. The Morgan fingerprint density at radius 2 is 1.12 bits per heavy atom. The minimum Gasteiger partial charge on any atom is -0.369 e. The molecule has 4 rings (SSSR count). The first kappa shape index (κ1) is 32.1. The van der Waals surface area contributed by atoms with Crippen LogP contribution in [0.15, 0.2) is 91.0 Å². The molecule has 5 nitrogen and oxygen atoms in total. The van der Waals surface area contributed by atoms with Gasteiger partial charge in [0.1, 0.15) is 24.4 Å². The third-order valence-electron chi connectivity index (χ3n) is 6.83. The molecule has 3 aromatic carbocycles. The van der Waals surface area contributed by atoms with E-state index in [-0.39, 0.29) is 16.8 Å². The van der Waals surface area contributed by atoms with Crippen molar-refractivity contribution in [1.29, 1.82) is 0 Å². The van der Waals surface area contributed by atoms with Crippen molar-refractivity contribution in [2.45, 2.75) is 82.3 Å². The topological polar surface area (TPSA) is 46.2 Å². The van der Waals surface area contributed by atoms with Crippen LogP contribution in [0.25, 0.3) is 0 Å². The Kier molecular flexibility index (Phi) is 13.1. The maximum Gasteiger partial charge on any atom is 0.163 e. The normalized spacial score (nSPS) is 18.8. The second-order valence-corrected chi connectivity index (χ2v) is 13.6. The molecule has 0 N–H and O–H groups in total. The standard InChI is InChI=1S/C34H44O5S2/c1-5-40-33(41-6-2)32(37-24-28-20-14-9-15-21-28)31(36-23-27-18-12-8-13-19-27)30(29-25-38-34(3,4)39-29)35-22-26-16-10-7-11-17-26/h7-21,29-33H,5-6,22-25H2,1-4H3/t29-,30+,31+,32-/m1/s1. The van der Waals surface area contributed by atoms with Gasteiger partial charge in [-0.05, 0) is 42.0 Å². The second kappa shape index (κ2) is 16.7. The van der Waals surface area contributed by atoms with Crippen molar-refractivity contribution >= 4 is 23.5 Å². The van der Waals surface area contributed by atoms with Gasteiger partial charge in [-0.25, -0.2) is 0 Å². The third kappa shape index (κ3) is 10.1. The van der Waals surface area contributed by atoms with E-state index in [1.165, 1.54) is 0 Å². The van der Waals surface area contributed by atoms with Crippen molar-refractivity contribution in [1.82, 2.24) is 0 Å². The summed E-state index contributed by atoms with van der Waals surface area (Å²) in [5.41, 5.74) is 3.33. The summed E-state index contributed by atoms with van der Waals surface area (Å²) in [4.78, 5) is 0. The van der Waals surface area contributed by atoms with Crippen molar-refractivity contribution in [2.24, 2.45) is 0 Å². The summed E-state index contributed by atoms with van der Waals surface area (Å²) in [5.74, 6) is 1.25. The summed E-state index contributed by atoms with van der Waals surface area (Å²) in [6.07, 6.45) is -1.40. The average Bonchev–Trinajstić information content (AvgIpc) is 3.36. The van der Waals surface area contributed by atoms with E-state index in [0.29, 0.717) is 26.4 Å². The lowest BCUT2D eigenvalue weighted by atomic mass is 10.0. The fraction of sp³-hybridized carbons (Fsp3) is 0.471. The van der Waals surface area contributed by atoms with Gasteiger partial charge < -0.3 is 23.7 Å². The summed E-state index contributed by atoms with van der Waals surface area (Å²) >= 11 is 3.80. The van der Waals surface area contributed by atoms with Gasteiger partial charge in [-0.2, -0.15) is 0 Å². The van der Waals surface area contributed by atoms with Crippen LogP contribution >= 0.6 is 23.5 Å². The monoisotopic (exact) mass is 596 g/mol. The largest absolute Gasteiger partial charge is 0.369 e. The Balaban J connectivity index is 1.69. The molecule has 41 heavy (non-hydrogen) atoms. The van der Waals surface area contributed by atoms with Crippen LogP contribution in [0, 0.1) is 0 Å². The van der Waals surface area contributed by atoms with Gasteiger partial charge in [-0.3, -0.25) is 0 Å². The van der Waals surface area contributed by atoms with Crippen molar-refractivity contribution in [3.05, 3.63) is 108 Å². The quantitative estimate of drug-likeness (QED) is 0.148. The SMILES string of the molecule is CCSC(SCC)[C@H](OCc1ccccc1)[C@@H](OCc1ccccc1)[C@@H](OCc1ccccc1)[C@H]1COC(C)(C)O1. The van der Waals surface area contributed by atoms with Gasteiger partial charge in [0.15, 0.2) is 5.79 Å². The van der Waals surface area contributed by atoms with E-state index in [4.69, 9.17) is 23.7 Å². The lowest BCUT2D eigenvalue weighted by Gasteiger charge is -2.39. The van der Waals surface area contributed by atoms with Crippen molar-refractivity contribution in [3.63, 3.8) is 0 Å². The fourth-order valence-electron chi connectivity index (χ4n) is 4.86. The third-order valence-corrected chi connectivity index (χ3v) is 9.51. The number of hydrogen-bond donors (Lipinski definition) is 0. The summed E-state index contributed by atoms with van der Waals surface area (Å²) < 4.78 is 33.1. The van der Waals surface area contributed by atoms with E-state index in [1.54, 1.807) is 0 Å². The van der Waals surface area contributed by atoms with Gasteiger partial charge in [0, 0.05) is 0 Å². The zero-order valence-corrected chi connectivity index (χ0v) is 26.3. The van der Waals surface area contributed by atoms with Crippen LogP contribution in [0.5, 0.6) is 0 Å². The summed E-state index contributed by atoms with van der Waals surface area (Å²) in [7, 11) is 0. The Labute approximate surface area is 254 Å². The smallest absolute Gasteiger partial charge is 0.163 e. The molecule has 0 unspecified atom stereocenters. The predicted octanol–water partition coefficient (Wildman–Crippen LogP) is 7.73. The summed E-state index contributed by atoms with van der Waals surface area (Å²) in [6, 6.07) is 30.9. The molecule has 3 aromatic rings. The molecular weight excluding hydrogens is 553 g/mol. The zero-order valence-electron chi connectivity index (χ0n) is 24.6. The molecule has 0 saturated carbocycles. The Morgan fingerprint density at radius 3 is 1.54 bits per heavy atom. The first-order valence-electron chi connectivity index (χ1n) is 14.5. The molecule has 222 valence electrons. The van der Waals surface area contributed by atoms with Crippen molar-refractivity contribution < 1.29 is 23.7 Å². The zero-order chi connectivity index (χ0) is 28.9. The van der Waals surface area contributed by atoms with Gasteiger partial charge in [0.25, 0.3) is 0 Å². The van der Waals surface area contributed by atoms with Gasteiger partial charge in [0.2, 0.25) is 0 Å². The van der Waals surface area contributed by atoms with E-state index >= 15 is 0 Å². The Bertz CT molecular complexity index is 1060. The van der Waals surface area contributed by atoms with E-state index in [0.717, 1.165) is 28.2 Å². The van der Waals surface area contributed by atoms with Gasteiger partial charge in [-0.15, -0.1) is 23.5 Å². The highest BCUT2D eigenvalue weighted by Gasteiger charge is 2.46. The number of rotatable bonds is 17. The molecule has 4 atom stereocenters. The van der Waals surface area contributed by atoms with E-state index in [2.05, 4.69) is 50.2 Å². The van der Waals surface area contributed by atoms with Crippen LogP contribution in [0.4, 0.5) is 0 Å². The Morgan fingerprint density at radius 1 is 0.683 bits per heavy atom. The van der Waals surface area contributed by atoms with Crippen LogP contribution in [0.2, 0.25) is 0 Å². The van der Waals surface area contributed by atoms with E-state index in [9.17, 15) is 0 Å². The van der Waals surface area contributed by atoms with Crippen LogP contribution < -0.4 is 0 Å². The lowest BCUT2D eigenvalue weighted by Crippen LogP contribution is -2.52. The van der Waals surface area contributed by atoms with E-state index < -0.39 is 18.0 Å². The van der Waals surface area contributed by atoms with Crippen LogP contribution in [-0.2, 0) is 43.5 Å². The number of thioether (sulfide) groups is 2. The summed E-state index contributed by atoms with van der Waals surface area (Å²) in [6.45, 7) is 10.1. The maximum atomic E-state index is 6.87. The average molecular weight is 597 g/mol. The number of benzene rings is 3. The van der Waals surface area contributed by atoms with Crippen LogP contribution in [-0.4, -0.2) is 52.9 Å². The summed E-state index contributed by atoms with van der Waals surface area (Å²) in [5, 5.41) is 0. The Hall–Kier alpha value is -1.84. The highest BCUT2D eigenvalue weighted by molar-refractivity contribution is 8.17. The number of hydrogen-bond acceptors (Lipinski definition) is 7. The number of ether oxygens (including phenoxy) is 5. The molecule has 0 radical (unpaired) electrons. The molecule has 1 fully saturated rings. The lowest BCUT2D eigenvalue weighted by molar-refractivity contribution is -0.199. The minimum absolute atomic E-state index is 0.146. The molecule has 0 spiro atoms. The van der Waals surface area contributed by atoms with Crippen LogP contribution in [0.1, 0.15) is 44.4 Å². The first-order chi connectivity index (χ1) is 20.0. The van der Waals surface area contributed by atoms with Crippen molar-refractivity contribution in [3.8, 4) is 0 Å². The molecule has 0 bridgehead atoms. The minimum atomic E-state index is -0.695. The van der Waals surface area contributed by atoms with Gasteiger partial charge >= 0.3 is 0 Å². The molecule has 0 aromatic heterocycles. The van der Waals surface area contributed by atoms with Crippen LogP contribution in [0.3, 0.4) is 0 Å².